The minimum Gasteiger partial charge on any atom is -0.436 e. The number of aromatic nitrogens is 1. The summed E-state index contributed by atoms with van der Waals surface area (Å²) in [7, 11) is 0. The van der Waals surface area contributed by atoms with E-state index in [1.54, 1.807) is 6.07 Å². The van der Waals surface area contributed by atoms with Gasteiger partial charge in [0.1, 0.15) is 5.52 Å². The van der Waals surface area contributed by atoms with E-state index in [-0.39, 0.29) is 23.7 Å². The summed E-state index contributed by atoms with van der Waals surface area (Å²) in [5.41, 5.74) is 5.13. The van der Waals surface area contributed by atoms with Crippen molar-refractivity contribution in [2.45, 2.75) is 33.2 Å². The standard InChI is InChI=1S/C30H31N3O3/c1-20-7-6-8-22(17-20)19-31-28(34)21(2)23-13-15-33(16-14-23)30(35)25-11-12-26-27(18-25)36-29(32-26)24-9-4-3-5-10-24/h3-12,17-18,21,23H,13-16,19H2,1-2H3,(H,31,34)/t21-/m0/s1. The van der Waals surface area contributed by atoms with Crippen LogP contribution in [0.15, 0.2) is 77.2 Å². The first-order chi connectivity index (χ1) is 17.5. The summed E-state index contributed by atoms with van der Waals surface area (Å²) in [6.45, 7) is 5.87. The molecule has 0 unspecified atom stereocenters. The van der Waals surface area contributed by atoms with Crippen LogP contribution in [-0.2, 0) is 11.3 Å². The zero-order valence-corrected chi connectivity index (χ0v) is 20.7. The third-order valence-corrected chi connectivity index (χ3v) is 7.15. The smallest absolute Gasteiger partial charge is 0.253 e. The van der Waals surface area contributed by atoms with Gasteiger partial charge in [-0.1, -0.05) is 55.0 Å². The molecule has 2 heterocycles. The van der Waals surface area contributed by atoms with E-state index in [0.717, 1.165) is 29.5 Å². The average molecular weight is 482 g/mol. The normalized spacial score (nSPS) is 15.1. The molecule has 1 saturated heterocycles. The number of aryl methyl sites for hydroxylation is 1. The highest BCUT2D eigenvalue weighted by Gasteiger charge is 2.30. The van der Waals surface area contributed by atoms with Gasteiger partial charge in [-0.25, -0.2) is 4.98 Å². The maximum atomic E-state index is 13.2. The summed E-state index contributed by atoms with van der Waals surface area (Å²) in [6.07, 6.45) is 1.63. The molecule has 1 aliphatic heterocycles. The van der Waals surface area contributed by atoms with Gasteiger partial charge in [0.05, 0.1) is 0 Å². The van der Waals surface area contributed by atoms with Gasteiger partial charge in [0.25, 0.3) is 5.91 Å². The van der Waals surface area contributed by atoms with Crippen molar-refractivity contribution in [3.05, 3.63) is 89.5 Å². The number of amides is 2. The lowest BCUT2D eigenvalue weighted by Gasteiger charge is -2.34. The topological polar surface area (TPSA) is 75.4 Å². The highest BCUT2D eigenvalue weighted by Crippen LogP contribution is 2.28. The molecule has 1 aliphatic rings. The van der Waals surface area contributed by atoms with Gasteiger partial charge in [-0.3, -0.25) is 9.59 Å². The van der Waals surface area contributed by atoms with Crippen molar-refractivity contribution >= 4 is 22.9 Å². The number of hydrogen-bond acceptors (Lipinski definition) is 4. The van der Waals surface area contributed by atoms with Crippen LogP contribution in [0, 0.1) is 18.8 Å². The number of carbonyl (C=O) groups excluding carboxylic acids is 2. The maximum absolute atomic E-state index is 13.2. The van der Waals surface area contributed by atoms with E-state index < -0.39 is 0 Å². The van der Waals surface area contributed by atoms with Crippen LogP contribution in [0.5, 0.6) is 0 Å². The highest BCUT2D eigenvalue weighted by molar-refractivity contribution is 5.97. The molecule has 1 aromatic heterocycles. The maximum Gasteiger partial charge on any atom is 0.253 e. The molecule has 1 fully saturated rings. The molecule has 4 aromatic rings. The molecule has 0 radical (unpaired) electrons. The van der Waals surface area contributed by atoms with Gasteiger partial charge in [0.2, 0.25) is 11.8 Å². The van der Waals surface area contributed by atoms with Gasteiger partial charge < -0.3 is 14.6 Å². The molecular formula is C30H31N3O3. The number of benzene rings is 3. The minimum atomic E-state index is -0.0889. The van der Waals surface area contributed by atoms with E-state index in [1.807, 2.05) is 66.4 Å². The Balaban J connectivity index is 1.17. The van der Waals surface area contributed by atoms with Crippen molar-refractivity contribution in [3.8, 4) is 11.5 Å². The molecule has 0 spiro atoms. The Hall–Kier alpha value is -3.93. The first kappa shape index (κ1) is 23.8. The van der Waals surface area contributed by atoms with Crippen LogP contribution in [0.4, 0.5) is 0 Å². The summed E-state index contributed by atoms with van der Waals surface area (Å²) in [5.74, 6) is 0.785. The fourth-order valence-corrected chi connectivity index (χ4v) is 4.93. The Morgan fingerprint density at radius 3 is 2.56 bits per heavy atom. The Morgan fingerprint density at radius 2 is 1.81 bits per heavy atom. The van der Waals surface area contributed by atoms with Gasteiger partial charge in [-0.2, -0.15) is 0 Å². The lowest BCUT2D eigenvalue weighted by molar-refractivity contribution is -0.126. The van der Waals surface area contributed by atoms with Crippen LogP contribution in [0.3, 0.4) is 0 Å². The summed E-state index contributed by atoms with van der Waals surface area (Å²) in [5, 5.41) is 3.08. The fraction of sp³-hybridized carbons (Fsp3) is 0.300. The average Bonchev–Trinajstić information content (AvgIpc) is 3.35. The molecule has 6 heteroatoms. The zero-order valence-electron chi connectivity index (χ0n) is 20.7. The van der Waals surface area contributed by atoms with Crippen molar-refractivity contribution in [2.75, 3.05) is 13.1 Å². The van der Waals surface area contributed by atoms with E-state index >= 15 is 0 Å². The Bertz CT molecular complexity index is 1370. The molecule has 0 bridgehead atoms. The third-order valence-electron chi connectivity index (χ3n) is 7.15. The minimum absolute atomic E-state index is 0.00966. The van der Waals surface area contributed by atoms with Crippen LogP contribution >= 0.6 is 0 Å². The van der Waals surface area contributed by atoms with Crippen molar-refractivity contribution in [3.63, 3.8) is 0 Å². The Kier molecular flexibility index (Phi) is 6.85. The zero-order chi connectivity index (χ0) is 25.1. The van der Waals surface area contributed by atoms with Crippen molar-refractivity contribution in [2.24, 2.45) is 11.8 Å². The molecule has 3 aromatic carbocycles. The van der Waals surface area contributed by atoms with Crippen molar-refractivity contribution in [1.82, 2.24) is 15.2 Å². The van der Waals surface area contributed by atoms with Gasteiger partial charge in [-0.05, 0) is 61.6 Å². The summed E-state index contributed by atoms with van der Waals surface area (Å²) in [6, 6.07) is 23.3. The van der Waals surface area contributed by atoms with Crippen LogP contribution in [-0.4, -0.2) is 34.8 Å². The van der Waals surface area contributed by atoms with E-state index in [4.69, 9.17) is 4.42 Å². The fourth-order valence-electron chi connectivity index (χ4n) is 4.93. The van der Waals surface area contributed by atoms with Crippen molar-refractivity contribution in [1.29, 1.82) is 0 Å². The first-order valence-electron chi connectivity index (χ1n) is 12.6. The van der Waals surface area contributed by atoms with Crippen LogP contribution < -0.4 is 5.32 Å². The molecule has 0 saturated carbocycles. The number of oxazole rings is 1. The molecular weight excluding hydrogens is 450 g/mol. The Labute approximate surface area is 211 Å². The number of nitrogens with one attached hydrogen (secondary N) is 1. The number of carbonyl (C=O) groups is 2. The summed E-state index contributed by atoms with van der Waals surface area (Å²) >= 11 is 0. The van der Waals surface area contributed by atoms with Crippen LogP contribution in [0.25, 0.3) is 22.6 Å². The number of hydrogen-bond donors (Lipinski definition) is 1. The van der Waals surface area contributed by atoms with E-state index in [0.29, 0.717) is 36.7 Å². The first-order valence-corrected chi connectivity index (χ1v) is 12.6. The van der Waals surface area contributed by atoms with E-state index in [1.165, 1.54) is 5.56 Å². The SMILES string of the molecule is Cc1cccc(CNC(=O)[C@@H](C)C2CCN(C(=O)c3ccc4nc(-c5ccccc5)oc4c3)CC2)c1. The van der Waals surface area contributed by atoms with Gasteiger partial charge in [-0.15, -0.1) is 0 Å². The van der Waals surface area contributed by atoms with Gasteiger partial charge >= 0.3 is 0 Å². The Morgan fingerprint density at radius 1 is 1.03 bits per heavy atom. The summed E-state index contributed by atoms with van der Waals surface area (Å²) < 4.78 is 5.94. The molecule has 6 nitrogen and oxygen atoms in total. The van der Waals surface area contributed by atoms with Crippen molar-refractivity contribution < 1.29 is 14.0 Å². The largest absolute Gasteiger partial charge is 0.436 e. The predicted octanol–water partition coefficient (Wildman–Crippen LogP) is 5.61. The molecule has 2 amide bonds. The lowest BCUT2D eigenvalue weighted by Crippen LogP contribution is -2.42. The number of likely N-dealkylation sites (tertiary alicyclic amines) is 1. The number of piperidine rings is 1. The molecule has 184 valence electrons. The quantitative estimate of drug-likeness (QED) is 0.389. The van der Waals surface area contributed by atoms with E-state index in [2.05, 4.69) is 29.4 Å². The second-order valence-corrected chi connectivity index (χ2v) is 9.69. The molecule has 5 rings (SSSR count). The van der Waals surface area contributed by atoms with E-state index in [9.17, 15) is 9.59 Å². The van der Waals surface area contributed by atoms with Crippen LogP contribution in [0.1, 0.15) is 41.3 Å². The highest BCUT2D eigenvalue weighted by atomic mass is 16.3. The number of fused-ring (bicyclic) bond motifs is 1. The second kappa shape index (κ2) is 10.4. The monoisotopic (exact) mass is 481 g/mol. The summed E-state index contributed by atoms with van der Waals surface area (Å²) in [4.78, 5) is 32.4. The number of rotatable bonds is 6. The van der Waals surface area contributed by atoms with Gasteiger partial charge in [0, 0.05) is 36.7 Å². The third kappa shape index (κ3) is 5.18. The predicted molar refractivity (Wildman–Crippen MR) is 140 cm³/mol. The molecule has 0 aliphatic carbocycles. The lowest BCUT2D eigenvalue weighted by atomic mass is 9.84. The number of nitrogens with zero attached hydrogens (tertiary/aromatic N) is 2. The second-order valence-electron chi connectivity index (χ2n) is 9.69. The van der Waals surface area contributed by atoms with Crippen LogP contribution in [0.2, 0.25) is 0 Å². The molecule has 1 atom stereocenters. The van der Waals surface area contributed by atoms with Gasteiger partial charge in [0.15, 0.2) is 5.58 Å². The molecule has 1 N–H and O–H groups in total. The molecule has 36 heavy (non-hydrogen) atoms.